The number of hydrazone groups is 1. The summed E-state index contributed by atoms with van der Waals surface area (Å²) >= 11 is 1.49. The highest BCUT2D eigenvalue weighted by Gasteiger charge is 2.13. The van der Waals surface area contributed by atoms with Crippen LogP contribution in [0.1, 0.15) is 12.5 Å². The van der Waals surface area contributed by atoms with E-state index in [1.807, 2.05) is 30.3 Å². The molecule has 0 atom stereocenters. The van der Waals surface area contributed by atoms with E-state index in [1.165, 1.54) is 17.8 Å². The predicted molar refractivity (Wildman–Crippen MR) is 81.8 cm³/mol. The van der Waals surface area contributed by atoms with Crippen LogP contribution in [0.3, 0.4) is 0 Å². The topological polar surface area (TPSA) is 63.0 Å². The first-order valence-corrected chi connectivity index (χ1v) is 7.19. The van der Waals surface area contributed by atoms with Gasteiger partial charge in [0.15, 0.2) is 5.17 Å². The lowest BCUT2D eigenvalue weighted by atomic mass is 10.2. The molecule has 1 aromatic rings. The zero-order valence-corrected chi connectivity index (χ0v) is 11.9. The number of nitrogens with zero attached hydrogens (tertiary/aromatic N) is 2. The number of carbonyl (C=O) groups excluding carboxylic acids is 1. The maximum atomic E-state index is 11.3. The second-order valence-corrected chi connectivity index (χ2v) is 4.84. The fourth-order valence-corrected chi connectivity index (χ4v) is 2.22. The molecular weight excluding hydrogens is 274 g/mol. The molecule has 1 aliphatic rings. The zero-order valence-electron chi connectivity index (χ0n) is 11.1. The van der Waals surface area contributed by atoms with Crippen LogP contribution in [0, 0.1) is 0 Å². The number of benzene rings is 1. The van der Waals surface area contributed by atoms with Crippen LogP contribution in [0.4, 0.5) is 0 Å². The maximum absolute atomic E-state index is 11.3. The normalized spacial score (nSPS) is 16.4. The van der Waals surface area contributed by atoms with Crippen LogP contribution in [0.5, 0.6) is 0 Å². The van der Waals surface area contributed by atoms with E-state index >= 15 is 0 Å². The fourth-order valence-electron chi connectivity index (χ4n) is 1.49. The minimum Gasteiger partial charge on any atom is -0.463 e. The lowest BCUT2D eigenvalue weighted by molar-refractivity contribution is -0.137. The van der Waals surface area contributed by atoms with Gasteiger partial charge in [-0.1, -0.05) is 42.1 Å². The Morgan fingerprint density at radius 2 is 2.30 bits per heavy atom. The number of thioether (sulfide) groups is 1. The molecule has 0 radical (unpaired) electrons. The summed E-state index contributed by atoms with van der Waals surface area (Å²) in [6, 6.07) is 9.77. The van der Waals surface area contributed by atoms with Gasteiger partial charge in [-0.15, -0.1) is 0 Å². The summed E-state index contributed by atoms with van der Waals surface area (Å²) in [4.78, 5) is 15.5. The molecule has 0 saturated heterocycles. The van der Waals surface area contributed by atoms with Gasteiger partial charge in [-0.25, -0.2) is 9.79 Å². The van der Waals surface area contributed by atoms with Crippen molar-refractivity contribution in [1.82, 2.24) is 5.43 Å². The van der Waals surface area contributed by atoms with E-state index in [0.717, 1.165) is 5.56 Å². The molecule has 0 aliphatic carbocycles. The van der Waals surface area contributed by atoms with Gasteiger partial charge in [-0.2, -0.15) is 5.10 Å². The van der Waals surface area contributed by atoms with Crippen LogP contribution in [0.2, 0.25) is 0 Å². The summed E-state index contributed by atoms with van der Waals surface area (Å²) in [5, 5.41) is 4.78. The van der Waals surface area contributed by atoms with Crippen LogP contribution in [-0.4, -0.2) is 29.7 Å². The highest BCUT2D eigenvalue weighted by Crippen LogP contribution is 2.19. The highest BCUT2D eigenvalue weighted by molar-refractivity contribution is 8.14. The average Bonchev–Trinajstić information content (AvgIpc) is 2.88. The Morgan fingerprint density at radius 1 is 1.50 bits per heavy atom. The predicted octanol–water partition coefficient (Wildman–Crippen LogP) is 2.16. The van der Waals surface area contributed by atoms with Gasteiger partial charge in [0.05, 0.1) is 18.5 Å². The number of esters is 1. The Hall–Kier alpha value is -2.08. The summed E-state index contributed by atoms with van der Waals surface area (Å²) in [6.07, 6.45) is 3.13. The monoisotopic (exact) mass is 289 g/mol. The van der Waals surface area contributed by atoms with Gasteiger partial charge in [0.1, 0.15) is 0 Å². The molecule has 0 bridgehead atoms. The second-order valence-electron chi connectivity index (χ2n) is 3.87. The molecule has 1 aromatic carbocycles. The fraction of sp³-hybridized carbons (Fsp3) is 0.214. The molecule has 5 nitrogen and oxygen atoms in total. The summed E-state index contributed by atoms with van der Waals surface area (Å²) in [6.45, 7) is 2.14. The Balaban J connectivity index is 1.88. The van der Waals surface area contributed by atoms with E-state index in [1.54, 1.807) is 13.1 Å². The van der Waals surface area contributed by atoms with Crippen molar-refractivity contribution in [3.8, 4) is 0 Å². The summed E-state index contributed by atoms with van der Waals surface area (Å²) in [5.41, 5.74) is 4.55. The number of ether oxygens (including phenoxy) is 1. The van der Waals surface area contributed by atoms with E-state index in [9.17, 15) is 4.79 Å². The van der Waals surface area contributed by atoms with Gasteiger partial charge in [-0.05, 0) is 12.5 Å². The quantitative estimate of drug-likeness (QED) is 0.399. The molecule has 0 saturated carbocycles. The maximum Gasteiger partial charge on any atom is 0.332 e. The Labute approximate surface area is 121 Å². The minimum absolute atomic E-state index is 0.360. The summed E-state index contributed by atoms with van der Waals surface area (Å²) < 4.78 is 4.83. The van der Waals surface area contributed by atoms with E-state index in [4.69, 9.17) is 4.74 Å². The summed E-state index contributed by atoms with van der Waals surface area (Å²) in [7, 11) is 0. The van der Waals surface area contributed by atoms with Crippen LogP contribution < -0.4 is 5.43 Å². The molecule has 0 aromatic heterocycles. The minimum atomic E-state index is -0.360. The molecule has 0 fully saturated rings. The van der Waals surface area contributed by atoms with Gasteiger partial charge in [0.2, 0.25) is 0 Å². The second kappa shape index (κ2) is 7.49. The van der Waals surface area contributed by atoms with E-state index in [-0.39, 0.29) is 5.97 Å². The van der Waals surface area contributed by atoms with E-state index in [0.29, 0.717) is 23.2 Å². The van der Waals surface area contributed by atoms with Gasteiger partial charge < -0.3 is 4.74 Å². The van der Waals surface area contributed by atoms with Crippen molar-refractivity contribution in [1.29, 1.82) is 0 Å². The number of rotatable bonds is 4. The lowest BCUT2D eigenvalue weighted by Crippen LogP contribution is -2.11. The van der Waals surface area contributed by atoms with E-state index in [2.05, 4.69) is 15.5 Å². The van der Waals surface area contributed by atoms with E-state index < -0.39 is 0 Å². The molecule has 1 heterocycles. The van der Waals surface area contributed by atoms with Gasteiger partial charge in [-0.3, -0.25) is 5.43 Å². The van der Waals surface area contributed by atoms with Crippen LogP contribution in [0.15, 0.2) is 52.2 Å². The van der Waals surface area contributed by atoms with Crippen molar-refractivity contribution in [3.05, 3.63) is 47.7 Å². The van der Waals surface area contributed by atoms with Gasteiger partial charge in [0.25, 0.3) is 0 Å². The van der Waals surface area contributed by atoms with Crippen molar-refractivity contribution in [2.75, 3.05) is 12.4 Å². The molecular formula is C14H15N3O2S. The lowest BCUT2D eigenvalue weighted by Gasteiger charge is -1.96. The van der Waals surface area contributed by atoms with Crippen molar-refractivity contribution in [2.45, 2.75) is 6.92 Å². The van der Waals surface area contributed by atoms with Crippen LogP contribution in [0.25, 0.3) is 0 Å². The number of hydrogen-bond donors (Lipinski definition) is 1. The first-order valence-electron chi connectivity index (χ1n) is 6.21. The number of carbonyl (C=O) groups is 1. The van der Waals surface area contributed by atoms with Gasteiger partial charge in [0, 0.05) is 11.8 Å². The number of amidine groups is 1. The number of nitrogens with one attached hydrogen (secondary N) is 1. The van der Waals surface area contributed by atoms with Crippen molar-refractivity contribution >= 4 is 29.1 Å². The molecule has 2 rings (SSSR count). The SMILES string of the molecule is CCOC(=O)/C=C1/CSC(N/N=C/c2ccccc2)=N1. The highest BCUT2D eigenvalue weighted by atomic mass is 32.2. The van der Waals surface area contributed by atoms with Crippen molar-refractivity contribution in [2.24, 2.45) is 10.1 Å². The average molecular weight is 289 g/mol. The molecule has 0 spiro atoms. The largest absolute Gasteiger partial charge is 0.463 e. The Bertz CT molecular complexity index is 553. The third-order valence-electron chi connectivity index (χ3n) is 2.35. The standard InChI is InChI=1S/C14H15N3O2S/c1-2-19-13(18)8-12-10-20-14(16-12)17-15-9-11-6-4-3-5-7-11/h3-9H,2,10H2,1H3,(H,16,17)/b12-8-,15-9+. The Kier molecular flexibility index (Phi) is 5.37. The smallest absolute Gasteiger partial charge is 0.332 e. The molecule has 0 amide bonds. The summed E-state index contributed by atoms with van der Waals surface area (Å²) in [5.74, 6) is 0.281. The Morgan fingerprint density at radius 3 is 3.05 bits per heavy atom. The molecule has 0 unspecified atom stereocenters. The first-order chi connectivity index (χ1) is 9.78. The third-order valence-corrected chi connectivity index (χ3v) is 3.24. The molecule has 1 N–H and O–H groups in total. The molecule has 1 aliphatic heterocycles. The van der Waals surface area contributed by atoms with Crippen LogP contribution in [-0.2, 0) is 9.53 Å². The molecule has 20 heavy (non-hydrogen) atoms. The van der Waals surface area contributed by atoms with Crippen molar-refractivity contribution in [3.63, 3.8) is 0 Å². The first kappa shape index (κ1) is 14.3. The zero-order chi connectivity index (χ0) is 14.2. The van der Waals surface area contributed by atoms with Crippen LogP contribution >= 0.6 is 11.8 Å². The number of aliphatic imine (C=N–C) groups is 1. The molecule has 104 valence electrons. The molecule has 6 heteroatoms. The third kappa shape index (κ3) is 4.55. The number of hydrogen-bond acceptors (Lipinski definition) is 6. The van der Waals surface area contributed by atoms with Crippen molar-refractivity contribution < 1.29 is 9.53 Å². The van der Waals surface area contributed by atoms with Gasteiger partial charge >= 0.3 is 5.97 Å².